The molecule has 0 bridgehead atoms. The normalized spacial score (nSPS) is 10.9. The Morgan fingerprint density at radius 2 is 2.00 bits per heavy atom. The van der Waals surface area contributed by atoms with Crippen LogP contribution in [-0.4, -0.2) is 33.0 Å². The van der Waals surface area contributed by atoms with E-state index in [1.807, 2.05) is 6.92 Å². The van der Waals surface area contributed by atoms with Gasteiger partial charge in [-0.3, -0.25) is 10.1 Å². The molecule has 10 heteroatoms. The lowest BCUT2D eigenvalue weighted by molar-refractivity contribution is -0.387. The number of benzene rings is 1. The number of halogens is 2. The zero-order valence-electron chi connectivity index (χ0n) is 10.6. The second-order valence-electron chi connectivity index (χ2n) is 3.62. The summed E-state index contributed by atoms with van der Waals surface area (Å²) in [7, 11) is -3.96. The first-order chi connectivity index (χ1) is 8.88. The molecule has 0 radical (unpaired) electrons. The van der Waals surface area contributed by atoms with Crippen molar-refractivity contribution in [1.29, 1.82) is 0 Å². The Bertz CT molecular complexity index is 566. The molecular weight excluding hydrogens is 329 g/mol. The summed E-state index contributed by atoms with van der Waals surface area (Å²) in [6.45, 7) is 3.17. The van der Waals surface area contributed by atoms with Gasteiger partial charge in [-0.2, -0.15) is 0 Å². The highest BCUT2D eigenvalue weighted by Gasteiger charge is 2.25. The Hall–Kier alpha value is -0.930. The van der Waals surface area contributed by atoms with Gasteiger partial charge in [0.1, 0.15) is 0 Å². The third-order valence-electron chi connectivity index (χ3n) is 2.25. The van der Waals surface area contributed by atoms with E-state index in [0.717, 1.165) is 12.1 Å². The molecule has 0 heterocycles. The minimum atomic E-state index is -3.96. The fourth-order valence-electron chi connectivity index (χ4n) is 1.38. The molecule has 0 aliphatic carbocycles. The molecule has 0 spiro atoms. The Balaban J connectivity index is 0.00000361. The highest BCUT2D eigenvalue weighted by molar-refractivity contribution is 7.89. The van der Waals surface area contributed by atoms with E-state index < -0.39 is 25.5 Å². The van der Waals surface area contributed by atoms with Crippen LogP contribution in [0.2, 0.25) is 5.02 Å². The van der Waals surface area contributed by atoms with E-state index in [1.54, 1.807) is 0 Å². The van der Waals surface area contributed by atoms with Crippen LogP contribution < -0.4 is 10.0 Å². The molecule has 0 amide bonds. The number of hydrogen-bond acceptors (Lipinski definition) is 5. The van der Waals surface area contributed by atoms with Crippen molar-refractivity contribution in [1.82, 2.24) is 10.0 Å². The average molecular weight is 344 g/mol. The largest absolute Gasteiger partial charge is 0.316 e. The first-order valence-corrected chi connectivity index (χ1v) is 7.39. The van der Waals surface area contributed by atoms with Gasteiger partial charge in [0, 0.05) is 24.2 Å². The third kappa shape index (κ3) is 5.22. The smallest absolute Gasteiger partial charge is 0.289 e. The maximum atomic E-state index is 12.0. The van der Waals surface area contributed by atoms with Crippen molar-refractivity contribution in [3.63, 3.8) is 0 Å². The molecule has 20 heavy (non-hydrogen) atoms. The van der Waals surface area contributed by atoms with Crippen LogP contribution in [0.15, 0.2) is 23.1 Å². The molecule has 0 fully saturated rings. The van der Waals surface area contributed by atoms with Crippen LogP contribution in [-0.2, 0) is 10.0 Å². The summed E-state index contributed by atoms with van der Waals surface area (Å²) in [5, 5.41) is 13.9. The Morgan fingerprint density at radius 1 is 1.35 bits per heavy atom. The molecule has 1 aromatic carbocycles. The van der Waals surface area contributed by atoms with Crippen LogP contribution >= 0.6 is 24.0 Å². The molecule has 0 saturated heterocycles. The van der Waals surface area contributed by atoms with Crippen molar-refractivity contribution in [2.75, 3.05) is 19.6 Å². The fourth-order valence-corrected chi connectivity index (χ4v) is 2.85. The molecule has 2 N–H and O–H groups in total. The molecule has 1 rings (SSSR count). The molecule has 0 aromatic heterocycles. The zero-order valence-corrected chi connectivity index (χ0v) is 13.0. The maximum Gasteiger partial charge on any atom is 0.289 e. The number of nitrogens with one attached hydrogen (secondary N) is 2. The first kappa shape index (κ1) is 19.1. The predicted molar refractivity (Wildman–Crippen MR) is 79.1 cm³/mol. The topological polar surface area (TPSA) is 101 Å². The van der Waals surface area contributed by atoms with E-state index in [1.165, 1.54) is 6.07 Å². The van der Waals surface area contributed by atoms with Gasteiger partial charge in [-0.15, -0.1) is 12.4 Å². The molecule has 0 atom stereocenters. The van der Waals surface area contributed by atoms with Gasteiger partial charge in [0.05, 0.1) is 4.92 Å². The minimum Gasteiger partial charge on any atom is -0.316 e. The second kappa shape index (κ2) is 8.38. The van der Waals surface area contributed by atoms with Crippen LogP contribution in [0.25, 0.3) is 0 Å². The number of sulfonamides is 1. The number of hydrogen-bond donors (Lipinski definition) is 2. The SMILES string of the molecule is CCNCCNS(=O)(=O)c1cc(Cl)ccc1[N+](=O)[O-].Cl. The molecule has 0 aliphatic rings. The van der Waals surface area contributed by atoms with E-state index in [4.69, 9.17) is 11.6 Å². The predicted octanol–water partition coefficient (Wildman–Crippen LogP) is 1.56. The lowest BCUT2D eigenvalue weighted by atomic mass is 10.3. The lowest BCUT2D eigenvalue weighted by Gasteiger charge is -2.07. The number of nitro groups is 1. The van der Waals surface area contributed by atoms with Gasteiger partial charge >= 0.3 is 0 Å². The number of nitrogens with zero attached hydrogens (tertiary/aromatic N) is 1. The van der Waals surface area contributed by atoms with Crippen molar-refractivity contribution in [2.45, 2.75) is 11.8 Å². The fraction of sp³-hybridized carbons (Fsp3) is 0.400. The Labute approximate surface area is 128 Å². The summed E-state index contributed by atoms with van der Waals surface area (Å²) in [6, 6.07) is 3.41. The van der Waals surface area contributed by atoms with Gasteiger partial charge in [0.15, 0.2) is 4.90 Å². The van der Waals surface area contributed by atoms with Crippen LogP contribution in [0.1, 0.15) is 6.92 Å². The molecule has 0 saturated carbocycles. The maximum absolute atomic E-state index is 12.0. The number of nitro benzene ring substituents is 1. The van der Waals surface area contributed by atoms with Crippen molar-refractivity contribution in [3.8, 4) is 0 Å². The van der Waals surface area contributed by atoms with Gasteiger partial charge in [-0.25, -0.2) is 13.1 Å². The second-order valence-corrected chi connectivity index (χ2v) is 5.79. The highest BCUT2D eigenvalue weighted by atomic mass is 35.5. The van der Waals surface area contributed by atoms with Crippen LogP contribution in [0.5, 0.6) is 0 Å². The van der Waals surface area contributed by atoms with Gasteiger partial charge in [0.2, 0.25) is 10.0 Å². The van der Waals surface area contributed by atoms with E-state index in [2.05, 4.69) is 10.0 Å². The molecule has 114 valence electrons. The first-order valence-electron chi connectivity index (χ1n) is 5.53. The molecule has 7 nitrogen and oxygen atoms in total. The van der Waals surface area contributed by atoms with Crippen LogP contribution in [0, 0.1) is 10.1 Å². The van der Waals surface area contributed by atoms with Gasteiger partial charge < -0.3 is 5.32 Å². The van der Waals surface area contributed by atoms with E-state index in [9.17, 15) is 18.5 Å². The van der Waals surface area contributed by atoms with Gasteiger partial charge in [-0.05, 0) is 18.7 Å². The van der Waals surface area contributed by atoms with Crippen molar-refractivity contribution < 1.29 is 13.3 Å². The molecule has 0 unspecified atom stereocenters. The Kier molecular flexibility index (Phi) is 7.99. The van der Waals surface area contributed by atoms with Crippen molar-refractivity contribution in [2.24, 2.45) is 0 Å². The lowest BCUT2D eigenvalue weighted by Crippen LogP contribution is -2.32. The Morgan fingerprint density at radius 3 is 2.55 bits per heavy atom. The van der Waals surface area contributed by atoms with Crippen molar-refractivity contribution >= 4 is 39.7 Å². The van der Waals surface area contributed by atoms with Crippen molar-refractivity contribution in [3.05, 3.63) is 33.3 Å². The minimum absolute atomic E-state index is 0. The zero-order chi connectivity index (χ0) is 14.5. The standard InChI is InChI=1S/C10H14ClN3O4S.ClH/c1-2-12-5-6-13-19(17,18)10-7-8(11)3-4-9(10)14(15)16;/h3-4,7,12-13H,2,5-6H2,1H3;1H. The van der Waals surface area contributed by atoms with E-state index >= 15 is 0 Å². The molecular formula is C10H15Cl2N3O4S. The number of rotatable bonds is 7. The van der Waals surface area contributed by atoms with E-state index in [0.29, 0.717) is 13.1 Å². The summed E-state index contributed by atoms with van der Waals surface area (Å²) < 4.78 is 26.2. The van der Waals surface area contributed by atoms with Gasteiger partial charge in [-0.1, -0.05) is 18.5 Å². The molecule has 0 aliphatic heterocycles. The summed E-state index contributed by atoms with van der Waals surface area (Å²) in [5.74, 6) is 0. The van der Waals surface area contributed by atoms with E-state index in [-0.39, 0.29) is 24.0 Å². The summed E-state index contributed by atoms with van der Waals surface area (Å²) in [5.41, 5.74) is -0.500. The quantitative estimate of drug-likeness (QED) is 0.444. The average Bonchev–Trinajstić information content (AvgIpc) is 2.34. The highest BCUT2D eigenvalue weighted by Crippen LogP contribution is 2.26. The number of likely N-dealkylation sites (N-methyl/N-ethyl adjacent to an activating group) is 1. The summed E-state index contributed by atoms with van der Waals surface area (Å²) in [4.78, 5) is 9.63. The summed E-state index contributed by atoms with van der Waals surface area (Å²) in [6.07, 6.45) is 0. The van der Waals surface area contributed by atoms with Crippen LogP contribution in [0.3, 0.4) is 0 Å². The monoisotopic (exact) mass is 343 g/mol. The summed E-state index contributed by atoms with van der Waals surface area (Å²) >= 11 is 5.68. The van der Waals surface area contributed by atoms with Gasteiger partial charge in [0.25, 0.3) is 5.69 Å². The molecule has 1 aromatic rings. The third-order valence-corrected chi connectivity index (χ3v) is 3.98. The van der Waals surface area contributed by atoms with Crippen LogP contribution in [0.4, 0.5) is 5.69 Å².